The van der Waals surface area contributed by atoms with Gasteiger partial charge in [-0.25, -0.2) is 9.78 Å². The number of carbonyl (C=O) groups excluding carboxylic acids is 1. The molecule has 0 aliphatic carbocycles. The van der Waals surface area contributed by atoms with Crippen molar-refractivity contribution < 1.29 is 19.4 Å². The van der Waals surface area contributed by atoms with E-state index >= 15 is 0 Å². The molecule has 0 unspecified atom stereocenters. The van der Waals surface area contributed by atoms with Gasteiger partial charge in [0.25, 0.3) is 0 Å². The predicted octanol–water partition coefficient (Wildman–Crippen LogP) is 2.06. The number of anilines is 3. The van der Waals surface area contributed by atoms with Crippen LogP contribution >= 0.6 is 0 Å². The molecule has 30 heavy (non-hydrogen) atoms. The zero-order valence-corrected chi connectivity index (χ0v) is 17.5. The second-order valence-electron chi connectivity index (χ2n) is 8.31. The Morgan fingerprint density at radius 1 is 1.30 bits per heavy atom. The van der Waals surface area contributed by atoms with Crippen LogP contribution in [0.1, 0.15) is 32.9 Å². The van der Waals surface area contributed by atoms with Gasteiger partial charge in [0.2, 0.25) is 5.95 Å². The molecular formula is C19H27N7O4. The van der Waals surface area contributed by atoms with Gasteiger partial charge in [-0.3, -0.25) is 9.89 Å². The molecule has 0 saturated carbocycles. The van der Waals surface area contributed by atoms with E-state index in [1.165, 1.54) is 0 Å². The van der Waals surface area contributed by atoms with Crippen molar-refractivity contribution in [3.63, 3.8) is 0 Å². The topological polar surface area (TPSA) is 145 Å². The number of carboxylic acid groups (broad SMARTS) is 1. The van der Waals surface area contributed by atoms with Crippen LogP contribution in [0.25, 0.3) is 0 Å². The summed E-state index contributed by atoms with van der Waals surface area (Å²) in [6, 6.07) is 3.13. The highest BCUT2D eigenvalue weighted by molar-refractivity contribution is 5.72. The molecule has 11 heteroatoms. The second-order valence-corrected chi connectivity index (χ2v) is 8.31. The number of carboxylic acids is 1. The van der Waals surface area contributed by atoms with Crippen LogP contribution < -0.4 is 15.5 Å². The first-order valence-corrected chi connectivity index (χ1v) is 9.68. The van der Waals surface area contributed by atoms with Crippen LogP contribution in [0.3, 0.4) is 0 Å². The molecular weight excluding hydrogens is 390 g/mol. The van der Waals surface area contributed by atoms with E-state index in [1.807, 2.05) is 6.92 Å². The molecule has 4 N–H and O–H groups in total. The molecule has 1 amide bonds. The van der Waals surface area contributed by atoms with E-state index in [0.29, 0.717) is 30.5 Å². The number of hydrogen-bond acceptors (Lipinski definition) is 8. The SMILES string of the molecule is Cc1cc(Nc2ccn[nH]2)nc(N2C[C@H](NC(=O)OC(C)(C)C)C[C@@H](C(=O)O)C2)n1. The lowest BCUT2D eigenvalue weighted by molar-refractivity contribution is -0.142. The molecule has 1 aliphatic heterocycles. The maximum atomic E-state index is 12.2. The standard InChI is InChI=1S/C19H27N7O4/c1-11-7-15(23-14-5-6-20-25-14)24-17(21-11)26-9-12(16(27)28)8-13(10-26)22-18(29)30-19(2,3)4/h5-7,12-13H,8-10H2,1-4H3,(H,22,29)(H,27,28)(H2,20,21,23,24,25)/t12-,13-/m1/s1. The Kier molecular flexibility index (Phi) is 6.09. The number of aromatic nitrogens is 4. The Bertz CT molecular complexity index is 895. The van der Waals surface area contributed by atoms with Crippen molar-refractivity contribution in [2.24, 2.45) is 5.92 Å². The molecule has 0 radical (unpaired) electrons. The third-order valence-corrected chi connectivity index (χ3v) is 4.41. The minimum atomic E-state index is -0.931. The van der Waals surface area contributed by atoms with Gasteiger partial charge in [0.1, 0.15) is 17.2 Å². The second kappa shape index (κ2) is 8.56. The first kappa shape index (κ1) is 21.3. The fourth-order valence-electron chi connectivity index (χ4n) is 3.24. The zero-order chi connectivity index (χ0) is 21.9. The van der Waals surface area contributed by atoms with Crippen molar-refractivity contribution in [3.05, 3.63) is 24.0 Å². The van der Waals surface area contributed by atoms with Crippen LogP contribution in [0.2, 0.25) is 0 Å². The minimum absolute atomic E-state index is 0.245. The molecule has 0 bridgehead atoms. The van der Waals surface area contributed by atoms with Crippen molar-refractivity contribution >= 4 is 29.6 Å². The molecule has 3 rings (SSSR count). The van der Waals surface area contributed by atoms with Crippen molar-refractivity contribution in [2.75, 3.05) is 23.3 Å². The lowest BCUT2D eigenvalue weighted by atomic mass is 9.94. The zero-order valence-electron chi connectivity index (χ0n) is 17.5. The van der Waals surface area contributed by atoms with Crippen LogP contribution in [0.5, 0.6) is 0 Å². The maximum absolute atomic E-state index is 12.2. The Morgan fingerprint density at radius 3 is 2.70 bits per heavy atom. The van der Waals surface area contributed by atoms with E-state index in [1.54, 1.807) is 44.0 Å². The number of amides is 1. The molecule has 1 fully saturated rings. The largest absolute Gasteiger partial charge is 0.481 e. The van der Waals surface area contributed by atoms with Gasteiger partial charge in [0.15, 0.2) is 0 Å². The summed E-state index contributed by atoms with van der Waals surface area (Å²) >= 11 is 0. The average molecular weight is 417 g/mol. The summed E-state index contributed by atoms with van der Waals surface area (Å²) < 4.78 is 5.31. The van der Waals surface area contributed by atoms with Gasteiger partial charge in [0, 0.05) is 30.9 Å². The first-order chi connectivity index (χ1) is 14.1. The third kappa shape index (κ3) is 5.82. The summed E-state index contributed by atoms with van der Waals surface area (Å²) in [6.07, 6.45) is 1.34. The predicted molar refractivity (Wildman–Crippen MR) is 110 cm³/mol. The number of nitrogens with one attached hydrogen (secondary N) is 3. The van der Waals surface area contributed by atoms with E-state index in [2.05, 4.69) is 30.8 Å². The maximum Gasteiger partial charge on any atom is 0.407 e. The quantitative estimate of drug-likeness (QED) is 0.574. The Labute approximate surface area is 174 Å². The van der Waals surface area contributed by atoms with Crippen LogP contribution in [-0.2, 0) is 9.53 Å². The van der Waals surface area contributed by atoms with Gasteiger partial charge in [0.05, 0.1) is 18.2 Å². The van der Waals surface area contributed by atoms with Gasteiger partial charge in [-0.15, -0.1) is 0 Å². The monoisotopic (exact) mass is 417 g/mol. The van der Waals surface area contributed by atoms with E-state index in [-0.39, 0.29) is 6.54 Å². The van der Waals surface area contributed by atoms with Crippen LogP contribution in [0, 0.1) is 12.8 Å². The molecule has 0 spiro atoms. The van der Waals surface area contributed by atoms with Crippen LogP contribution in [0.15, 0.2) is 18.3 Å². The van der Waals surface area contributed by atoms with Gasteiger partial charge >= 0.3 is 12.1 Å². The fourth-order valence-corrected chi connectivity index (χ4v) is 3.24. The summed E-state index contributed by atoms with van der Waals surface area (Å²) in [7, 11) is 0. The highest BCUT2D eigenvalue weighted by atomic mass is 16.6. The molecule has 2 aromatic rings. The van der Waals surface area contributed by atoms with Gasteiger partial charge in [-0.1, -0.05) is 0 Å². The van der Waals surface area contributed by atoms with E-state index in [0.717, 1.165) is 5.69 Å². The van der Waals surface area contributed by atoms with E-state index in [4.69, 9.17) is 4.74 Å². The van der Waals surface area contributed by atoms with E-state index in [9.17, 15) is 14.7 Å². The Hall–Kier alpha value is -3.37. The number of rotatable bonds is 5. The van der Waals surface area contributed by atoms with Crippen molar-refractivity contribution in [1.82, 2.24) is 25.5 Å². The number of hydrogen-bond donors (Lipinski definition) is 4. The molecule has 1 aliphatic rings. The highest BCUT2D eigenvalue weighted by Crippen LogP contribution is 2.24. The Balaban J connectivity index is 1.78. The average Bonchev–Trinajstić information content (AvgIpc) is 3.12. The fraction of sp³-hybridized carbons (Fsp3) is 0.526. The smallest absolute Gasteiger partial charge is 0.407 e. The molecule has 11 nitrogen and oxygen atoms in total. The molecule has 3 heterocycles. The minimum Gasteiger partial charge on any atom is -0.481 e. The summed E-state index contributed by atoms with van der Waals surface area (Å²) in [5.74, 6) is 0.00588. The van der Waals surface area contributed by atoms with Crippen molar-refractivity contribution in [2.45, 2.75) is 45.8 Å². The van der Waals surface area contributed by atoms with Gasteiger partial charge in [-0.2, -0.15) is 10.1 Å². The lowest BCUT2D eigenvalue weighted by Crippen LogP contribution is -2.53. The number of nitrogens with zero attached hydrogens (tertiary/aromatic N) is 4. The normalized spacial score (nSPS) is 19.3. The number of aryl methyl sites for hydroxylation is 1. The molecule has 2 aromatic heterocycles. The molecule has 1 saturated heterocycles. The number of ether oxygens (including phenoxy) is 1. The molecule has 0 aromatic carbocycles. The molecule has 2 atom stereocenters. The summed E-state index contributed by atoms with van der Waals surface area (Å²) in [4.78, 5) is 34.6. The number of aromatic amines is 1. The Morgan fingerprint density at radius 2 is 2.07 bits per heavy atom. The third-order valence-electron chi connectivity index (χ3n) is 4.41. The number of H-pyrrole nitrogens is 1. The van der Waals surface area contributed by atoms with Crippen LogP contribution in [0.4, 0.5) is 22.4 Å². The van der Waals surface area contributed by atoms with Gasteiger partial charge < -0.3 is 25.4 Å². The first-order valence-electron chi connectivity index (χ1n) is 9.68. The van der Waals surface area contributed by atoms with Crippen molar-refractivity contribution in [3.8, 4) is 0 Å². The number of alkyl carbamates (subject to hydrolysis) is 1. The molecule has 162 valence electrons. The number of piperidine rings is 1. The highest BCUT2D eigenvalue weighted by Gasteiger charge is 2.34. The lowest BCUT2D eigenvalue weighted by Gasteiger charge is -2.36. The number of carbonyl (C=O) groups is 2. The van der Waals surface area contributed by atoms with E-state index < -0.39 is 29.6 Å². The summed E-state index contributed by atoms with van der Waals surface area (Å²) in [5.41, 5.74) is 0.0773. The van der Waals surface area contributed by atoms with Gasteiger partial charge in [-0.05, 0) is 34.1 Å². The number of aliphatic carboxylic acids is 1. The summed E-state index contributed by atoms with van der Waals surface area (Å²) in [6.45, 7) is 7.76. The summed E-state index contributed by atoms with van der Waals surface area (Å²) in [5, 5.41) is 22.2. The van der Waals surface area contributed by atoms with Crippen molar-refractivity contribution in [1.29, 1.82) is 0 Å². The van der Waals surface area contributed by atoms with Crippen LogP contribution in [-0.4, -0.2) is 62.1 Å².